The van der Waals surface area contributed by atoms with Crippen LogP contribution in [0.2, 0.25) is 0 Å². The maximum atomic E-state index is 15.8. The molecule has 0 spiro atoms. The van der Waals surface area contributed by atoms with Crippen molar-refractivity contribution in [1.29, 1.82) is 0 Å². The van der Waals surface area contributed by atoms with Gasteiger partial charge in [-0.3, -0.25) is 0 Å². The molecule has 2 aromatic carbocycles. The average Bonchev–Trinajstić information content (AvgIpc) is 2.93. The molecular formula is C33H40F6O. The SMILES string of the molecule is CCCC1CCC(COc2ccc3c(c2F)C(F)(F)C(F)(F)c2c-3ccc(C3CCC(CCC)CC3)c2F)CC1. The number of hydrogen-bond acceptors (Lipinski definition) is 1. The molecule has 0 unspecified atom stereocenters. The first-order valence-corrected chi connectivity index (χ1v) is 15.1. The highest BCUT2D eigenvalue weighted by molar-refractivity contribution is 5.77. The Kier molecular flexibility index (Phi) is 8.50. The summed E-state index contributed by atoms with van der Waals surface area (Å²) in [6.07, 6.45) is 11.3. The quantitative estimate of drug-likeness (QED) is 0.289. The van der Waals surface area contributed by atoms with E-state index in [4.69, 9.17) is 4.74 Å². The molecule has 7 heteroatoms. The van der Waals surface area contributed by atoms with Crippen molar-refractivity contribution in [1.82, 2.24) is 0 Å². The molecule has 3 aliphatic rings. The van der Waals surface area contributed by atoms with Crippen LogP contribution in [0.5, 0.6) is 5.75 Å². The van der Waals surface area contributed by atoms with Gasteiger partial charge in [-0.15, -0.1) is 0 Å². The van der Waals surface area contributed by atoms with Crippen molar-refractivity contribution in [2.45, 2.75) is 109 Å². The maximum Gasteiger partial charge on any atom is 0.343 e. The van der Waals surface area contributed by atoms with Crippen molar-refractivity contribution >= 4 is 0 Å². The fourth-order valence-corrected chi connectivity index (χ4v) is 7.43. The molecule has 2 saturated carbocycles. The lowest BCUT2D eigenvalue weighted by molar-refractivity contribution is -0.228. The third-order valence-corrected chi connectivity index (χ3v) is 9.71. The van der Waals surface area contributed by atoms with E-state index in [1.807, 2.05) is 0 Å². The fraction of sp³-hybridized carbons (Fsp3) is 0.636. The summed E-state index contributed by atoms with van der Waals surface area (Å²) in [5.41, 5.74) is -3.47. The molecule has 0 atom stereocenters. The zero-order chi connectivity index (χ0) is 28.7. The molecule has 3 aliphatic carbocycles. The first-order valence-electron chi connectivity index (χ1n) is 15.1. The second-order valence-corrected chi connectivity index (χ2v) is 12.3. The Morgan fingerprint density at radius 1 is 0.650 bits per heavy atom. The van der Waals surface area contributed by atoms with Crippen LogP contribution in [0.25, 0.3) is 11.1 Å². The van der Waals surface area contributed by atoms with Crippen LogP contribution < -0.4 is 4.74 Å². The molecule has 0 aromatic heterocycles. The van der Waals surface area contributed by atoms with Gasteiger partial charge in [0.05, 0.1) is 17.7 Å². The van der Waals surface area contributed by atoms with E-state index in [-0.39, 0.29) is 29.6 Å². The Labute approximate surface area is 233 Å². The standard InChI is InChI=1S/C33H40F6O/c1-3-5-20-7-9-22(10-8-20)19-40-27-18-17-26-25-16-15-24(23-13-11-21(6-4-2)12-14-23)30(34)28(25)32(36,37)33(38,39)29(26)31(27)35/h15-18,20-23H,3-14,19H2,1-2H3. The highest BCUT2D eigenvalue weighted by atomic mass is 19.3. The average molecular weight is 567 g/mol. The van der Waals surface area contributed by atoms with E-state index in [1.165, 1.54) is 30.7 Å². The van der Waals surface area contributed by atoms with Gasteiger partial charge in [-0.25, -0.2) is 8.78 Å². The second-order valence-electron chi connectivity index (χ2n) is 12.3. The molecule has 1 nitrogen and oxygen atoms in total. The molecule has 0 amide bonds. The van der Waals surface area contributed by atoms with Crippen LogP contribution in [-0.2, 0) is 11.8 Å². The van der Waals surface area contributed by atoms with E-state index in [9.17, 15) is 0 Å². The Morgan fingerprint density at radius 3 is 1.68 bits per heavy atom. The molecular weight excluding hydrogens is 526 g/mol. The number of hydrogen-bond donors (Lipinski definition) is 0. The maximum absolute atomic E-state index is 15.8. The number of fused-ring (bicyclic) bond motifs is 3. The summed E-state index contributed by atoms with van der Waals surface area (Å²) in [7, 11) is 0. The zero-order valence-corrected chi connectivity index (χ0v) is 23.5. The van der Waals surface area contributed by atoms with Crippen LogP contribution in [0.3, 0.4) is 0 Å². The summed E-state index contributed by atoms with van der Waals surface area (Å²) in [6.45, 7) is 4.40. The van der Waals surface area contributed by atoms with Crippen molar-refractivity contribution in [3.8, 4) is 16.9 Å². The molecule has 0 heterocycles. The summed E-state index contributed by atoms with van der Waals surface area (Å²) in [5, 5.41) is 0. The number of rotatable bonds is 8. The van der Waals surface area contributed by atoms with E-state index in [0.29, 0.717) is 24.7 Å². The molecule has 2 aromatic rings. The van der Waals surface area contributed by atoms with Gasteiger partial charge in [0.25, 0.3) is 0 Å². The molecule has 40 heavy (non-hydrogen) atoms. The normalized spacial score (nSPS) is 27.1. The molecule has 2 fully saturated rings. The van der Waals surface area contributed by atoms with Gasteiger partial charge in [-0.2, -0.15) is 17.6 Å². The van der Waals surface area contributed by atoms with Crippen molar-refractivity contribution in [3.05, 3.63) is 52.6 Å². The third kappa shape index (κ3) is 5.15. The molecule has 0 bridgehead atoms. The number of ether oxygens (including phenoxy) is 1. The van der Waals surface area contributed by atoms with Gasteiger partial charge in [0.15, 0.2) is 11.6 Å². The van der Waals surface area contributed by atoms with Gasteiger partial charge in [0.1, 0.15) is 5.82 Å². The fourth-order valence-electron chi connectivity index (χ4n) is 7.43. The van der Waals surface area contributed by atoms with Crippen LogP contribution >= 0.6 is 0 Å². The van der Waals surface area contributed by atoms with Gasteiger partial charge in [-0.1, -0.05) is 64.5 Å². The second kappa shape index (κ2) is 11.6. The number of benzene rings is 2. The Hall–Kier alpha value is -2.18. The summed E-state index contributed by atoms with van der Waals surface area (Å²) < 4.78 is 98.9. The number of halogens is 6. The van der Waals surface area contributed by atoms with Crippen molar-refractivity contribution in [2.75, 3.05) is 6.61 Å². The van der Waals surface area contributed by atoms with Crippen molar-refractivity contribution < 1.29 is 31.1 Å². The topological polar surface area (TPSA) is 9.23 Å². The molecule has 0 N–H and O–H groups in total. The summed E-state index contributed by atoms with van der Waals surface area (Å²) in [4.78, 5) is 0. The third-order valence-electron chi connectivity index (χ3n) is 9.71. The lowest BCUT2D eigenvalue weighted by atomic mass is 9.74. The highest BCUT2D eigenvalue weighted by Gasteiger charge is 2.65. The summed E-state index contributed by atoms with van der Waals surface area (Å²) in [6, 6.07) is 5.08. The van der Waals surface area contributed by atoms with Gasteiger partial charge in [0, 0.05) is 0 Å². The van der Waals surface area contributed by atoms with Gasteiger partial charge in [-0.05, 0) is 91.0 Å². The van der Waals surface area contributed by atoms with Crippen LogP contribution in [-0.4, -0.2) is 6.61 Å². The zero-order valence-electron chi connectivity index (χ0n) is 23.5. The highest BCUT2D eigenvalue weighted by Crippen LogP contribution is 2.60. The van der Waals surface area contributed by atoms with E-state index >= 15 is 26.3 Å². The van der Waals surface area contributed by atoms with Gasteiger partial charge >= 0.3 is 11.8 Å². The Morgan fingerprint density at radius 2 is 1.12 bits per heavy atom. The van der Waals surface area contributed by atoms with Gasteiger partial charge in [0.2, 0.25) is 0 Å². The predicted molar refractivity (Wildman–Crippen MR) is 145 cm³/mol. The molecule has 0 saturated heterocycles. The largest absolute Gasteiger partial charge is 0.490 e. The van der Waals surface area contributed by atoms with Crippen LogP contribution in [0.15, 0.2) is 24.3 Å². The van der Waals surface area contributed by atoms with E-state index in [0.717, 1.165) is 57.8 Å². The first-order chi connectivity index (χ1) is 19.1. The number of alkyl halides is 4. The van der Waals surface area contributed by atoms with E-state index < -0.39 is 45.9 Å². The Balaban J connectivity index is 1.42. The predicted octanol–water partition coefficient (Wildman–Crippen LogP) is 10.9. The monoisotopic (exact) mass is 566 g/mol. The van der Waals surface area contributed by atoms with Crippen LogP contribution in [0, 0.1) is 29.4 Å². The van der Waals surface area contributed by atoms with Crippen molar-refractivity contribution in [3.63, 3.8) is 0 Å². The van der Waals surface area contributed by atoms with Crippen molar-refractivity contribution in [2.24, 2.45) is 17.8 Å². The molecule has 5 rings (SSSR count). The summed E-state index contributed by atoms with van der Waals surface area (Å²) >= 11 is 0. The van der Waals surface area contributed by atoms with Crippen LogP contribution in [0.1, 0.15) is 114 Å². The van der Waals surface area contributed by atoms with E-state index in [1.54, 1.807) is 0 Å². The van der Waals surface area contributed by atoms with E-state index in [2.05, 4.69) is 13.8 Å². The lowest BCUT2D eigenvalue weighted by Gasteiger charge is -2.37. The molecule has 0 aliphatic heterocycles. The summed E-state index contributed by atoms with van der Waals surface area (Å²) in [5.74, 6) is -12.0. The Bertz CT molecular complexity index is 1190. The lowest BCUT2D eigenvalue weighted by Crippen LogP contribution is -2.41. The molecule has 0 radical (unpaired) electrons. The van der Waals surface area contributed by atoms with Crippen LogP contribution in [0.4, 0.5) is 26.3 Å². The minimum atomic E-state index is -4.94. The first kappa shape index (κ1) is 29.3. The minimum Gasteiger partial charge on any atom is -0.490 e. The molecule has 220 valence electrons. The smallest absolute Gasteiger partial charge is 0.343 e. The van der Waals surface area contributed by atoms with Gasteiger partial charge < -0.3 is 4.74 Å². The minimum absolute atomic E-state index is 0.0571.